The minimum atomic E-state index is 0.0296. The lowest BCUT2D eigenvalue weighted by Crippen LogP contribution is -2.24. The lowest BCUT2D eigenvalue weighted by molar-refractivity contribution is -0.117. The Morgan fingerprint density at radius 1 is 1.09 bits per heavy atom. The molecule has 1 amide bonds. The molecule has 1 aliphatic rings. The minimum Gasteiger partial charge on any atom is -0.399 e. The second kappa shape index (κ2) is 5.95. The third-order valence-electron chi connectivity index (χ3n) is 4.00. The monoisotopic (exact) mass is 290 g/mol. The van der Waals surface area contributed by atoms with Crippen molar-refractivity contribution in [3.05, 3.63) is 59.7 Å². The molecule has 0 spiro atoms. The van der Waals surface area contributed by atoms with Gasteiger partial charge in [-0.15, -0.1) is 12.3 Å². The summed E-state index contributed by atoms with van der Waals surface area (Å²) in [5, 5.41) is 0. The molecule has 2 aromatic rings. The van der Waals surface area contributed by atoms with Gasteiger partial charge in [-0.2, -0.15) is 0 Å². The van der Waals surface area contributed by atoms with Crippen molar-refractivity contribution in [1.29, 1.82) is 0 Å². The normalized spacial score (nSPS) is 17.5. The maximum atomic E-state index is 12.0. The van der Waals surface area contributed by atoms with Gasteiger partial charge in [0.25, 0.3) is 0 Å². The van der Waals surface area contributed by atoms with E-state index in [9.17, 15) is 4.79 Å². The molecular formula is C19H18N2O. The standard InChI is InChI=1S/C19H18N2O/c1-2-14-12-19(22)21(13-14)18-9-5-16(6-10-18)11-15-3-7-17(20)8-4-15/h1,3-10,14H,11-13,20H2. The molecule has 2 aromatic carbocycles. The number of hydrogen-bond acceptors (Lipinski definition) is 2. The van der Waals surface area contributed by atoms with E-state index in [1.165, 1.54) is 11.1 Å². The first-order valence-electron chi connectivity index (χ1n) is 7.35. The average molecular weight is 290 g/mol. The number of benzene rings is 2. The summed E-state index contributed by atoms with van der Waals surface area (Å²) in [4.78, 5) is 13.7. The molecule has 2 N–H and O–H groups in total. The van der Waals surface area contributed by atoms with E-state index in [0.717, 1.165) is 17.8 Å². The molecule has 0 bridgehead atoms. The highest BCUT2D eigenvalue weighted by molar-refractivity contribution is 5.96. The van der Waals surface area contributed by atoms with Crippen LogP contribution in [0.5, 0.6) is 0 Å². The summed E-state index contributed by atoms with van der Waals surface area (Å²) in [6, 6.07) is 16.0. The number of amides is 1. The smallest absolute Gasteiger partial charge is 0.228 e. The summed E-state index contributed by atoms with van der Waals surface area (Å²) in [6.07, 6.45) is 6.72. The van der Waals surface area contributed by atoms with Crippen LogP contribution in [0, 0.1) is 18.3 Å². The molecule has 22 heavy (non-hydrogen) atoms. The Bertz CT molecular complexity index is 711. The summed E-state index contributed by atoms with van der Waals surface area (Å²) in [5.74, 6) is 2.81. The molecule has 110 valence electrons. The van der Waals surface area contributed by atoms with Gasteiger partial charge in [0.2, 0.25) is 5.91 Å². The number of nitrogen functional groups attached to an aromatic ring is 1. The van der Waals surface area contributed by atoms with Gasteiger partial charge < -0.3 is 10.6 Å². The van der Waals surface area contributed by atoms with Gasteiger partial charge in [-0.3, -0.25) is 4.79 Å². The Labute approximate surface area is 130 Å². The number of carbonyl (C=O) groups excluding carboxylic acids is 1. The van der Waals surface area contributed by atoms with Crippen molar-refractivity contribution in [2.45, 2.75) is 12.8 Å². The molecular weight excluding hydrogens is 272 g/mol. The molecule has 0 aliphatic carbocycles. The van der Waals surface area contributed by atoms with Crippen molar-refractivity contribution >= 4 is 17.3 Å². The third-order valence-corrected chi connectivity index (χ3v) is 4.00. The van der Waals surface area contributed by atoms with Crippen LogP contribution in [0.15, 0.2) is 48.5 Å². The minimum absolute atomic E-state index is 0.0296. The first-order valence-corrected chi connectivity index (χ1v) is 7.35. The number of hydrogen-bond donors (Lipinski definition) is 1. The SMILES string of the molecule is C#CC1CC(=O)N(c2ccc(Cc3ccc(N)cc3)cc2)C1. The molecule has 1 unspecified atom stereocenters. The summed E-state index contributed by atoms with van der Waals surface area (Å²) in [5.41, 5.74) is 9.80. The van der Waals surface area contributed by atoms with Crippen LogP contribution in [0.4, 0.5) is 11.4 Å². The zero-order valence-corrected chi connectivity index (χ0v) is 12.3. The highest BCUT2D eigenvalue weighted by Crippen LogP contribution is 2.25. The summed E-state index contributed by atoms with van der Waals surface area (Å²) in [7, 11) is 0. The molecule has 3 nitrogen and oxygen atoms in total. The molecule has 3 heteroatoms. The van der Waals surface area contributed by atoms with Crippen LogP contribution in [-0.2, 0) is 11.2 Å². The van der Waals surface area contributed by atoms with Crippen LogP contribution in [0.25, 0.3) is 0 Å². The van der Waals surface area contributed by atoms with Gasteiger partial charge in [0, 0.05) is 30.3 Å². The van der Waals surface area contributed by atoms with Crippen molar-refractivity contribution in [3.8, 4) is 12.3 Å². The van der Waals surface area contributed by atoms with Gasteiger partial charge in [0.05, 0.1) is 0 Å². The second-order valence-electron chi connectivity index (χ2n) is 5.66. The predicted molar refractivity (Wildman–Crippen MR) is 89.4 cm³/mol. The number of nitrogens with zero attached hydrogens (tertiary/aromatic N) is 1. The molecule has 0 radical (unpaired) electrons. The Hall–Kier alpha value is -2.73. The Morgan fingerprint density at radius 3 is 2.23 bits per heavy atom. The fourth-order valence-corrected chi connectivity index (χ4v) is 2.73. The predicted octanol–water partition coefficient (Wildman–Crippen LogP) is 2.85. The molecule has 3 rings (SSSR count). The van der Waals surface area contributed by atoms with Crippen molar-refractivity contribution < 1.29 is 4.79 Å². The molecule has 0 saturated carbocycles. The van der Waals surface area contributed by atoms with E-state index in [4.69, 9.17) is 12.2 Å². The number of nitrogens with two attached hydrogens (primary N) is 1. The van der Waals surface area contributed by atoms with Gasteiger partial charge in [0.1, 0.15) is 0 Å². The molecule has 1 atom stereocenters. The van der Waals surface area contributed by atoms with E-state index >= 15 is 0 Å². The summed E-state index contributed by atoms with van der Waals surface area (Å²) >= 11 is 0. The first kappa shape index (κ1) is 14.2. The number of rotatable bonds is 3. The molecule has 0 aromatic heterocycles. The van der Waals surface area contributed by atoms with E-state index in [2.05, 4.69) is 18.1 Å². The number of anilines is 2. The molecule has 1 aliphatic heterocycles. The van der Waals surface area contributed by atoms with Crippen LogP contribution in [0.1, 0.15) is 17.5 Å². The van der Waals surface area contributed by atoms with Crippen LogP contribution in [0.2, 0.25) is 0 Å². The van der Waals surface area contributed by atoms with Gasteiger partial charge in [0.15, 0.2) is 0 Å². The van der Waals surface area contributed by atoms with Crippen molar-refractivity contribution in [2.75, 3.05) is 17.2 Å². The summed E-state index contributed by atoms with van der Waals surface area (Å²) in [6.45, 7) is 0.618. The fraction of sp³-hybridized carbons (Fsp3) is 0.211. The lowest BCUT2D eigenvalue weighted by atomic mass is 10.0. The van der Waals surface area contributed by atoms with E-state index in [1.807, 2.05) is 36.4 Å². The average Bonchev–Trinajstić information content (AvgIpc) is 2.91. The largest absolute Gasteiger partial charge is 0.399 e. The molecule has 1 fully saturated rings. The van der Waals surface area contributed by atoms with Gasteiger partial charge in [-0.25, -0.2) is 0 Å². The van der Waals surface area contributed by atoms with Crippen molar-refractivity contribution in [1.82, 2.24) is 0 Å². The number of carbonyl (C=O) groups is 1. The Kier molecular flexibility index (Phi) is 3.84. The topological polar surface area (TPSA) is 46.3 Å². The maximum Gasteiger partial charge on any atom is 0.228 e. The van der Waals surface area contributed by atoms with E-state index in [0.29, 0.717) is 13.0 Å². The van der Waals surface area contributed by atoms with E-state index < -0.39 is 0 Å². The highest BCUT2D eigenvalue weighted by atomic mass is 16.2. The van der Waals surface area contributed by atoms with Crippen LogP contribution >= 0.6 is 0 Å². The van der Waals surface area contributed by atoms with Gasteiger partial charge >= 0.3 is 0 Å². The van der Waals surface area contributed by atoms with Crippen molar-refractivity contribution in [2.24, 2.45) is 5.92 Å². The lowest BCUT2D eigenvalue weighted by Gasteiger charge is -2.16. The number of terminal acetylenes is 1. The fourth-order valence-electron chi connectivity index (χ4n) is 2.73. The quantitative estimate of drug-likeness (QED) is 0.698. The zero-order valence-electron chi connectivity index (χ0n) is 12.3. The highest BCUT2D eigenvalue weighted by Gasteiger charge is 2.29. The van der Waals surface area contributed by atoms with E-state index in [1.54, 1.807) is 4.90 Å². The van der Waals surface area contributed by atoms with Crippen LogP contribution in [0.3, 0.4) is 0 Å². The van der Waals surface area contributed by atoms with Gasteiger partial charge in [-0.05, 0) is 41.8 Å². The Balaban J connectivity index is 1.72. The van der Waals surface area contributed by atoms with Crippen LogP contribution < -0.4 is 10.6 Å². The third kappa shape index (κ3) is 2.96. The second-order valence-corrected chi connectivity index (χ2v) is 5.66. The molecule has 1 heterocycles. The zero-order chi connectivity index (χ0) is 15.5. The maximum absolute atomic E-state index is 12.0. The first-order chi connectivity index (χ1) is 10.7. The van der Waals surface area contributed by atoms with Crippen LogP contribution in [-0.4, -0.2) is 12.5 Å². The Morgan fingerprint density at radius 2 is 1.68 bits per heavy atom. The summed E-state index contributed by atoms with van der Waals surface area (Å²) < 4.78 is 0. The van der Waals surface area contributed by atoms with Gasteiger partial charge in [-0.1, -0.05) is 24.3 Å². The van der Waals surface area contributed by atoms with E-state index in [-0.39, 0.29) is 11.8 Å². The molecule has 1 saturated heterocycles. The van der Waals surface area contributed by atoms with Crippen molar-refractivity contribution in [3.63, 3.8) is 0 Å².